The number of nitrogens with two attached hydrogens (primary N) is 1. The molecule has 2 N–H and O–H groups in total. The van der Waals surface area contributed by atoms with Crippen molar-refractivity contribution in [1.82, 2.24) is 4.98 Å². The summed E-state index contributed by atoms with van der Waals surface area (Å²) in [5, 5.41) is 1.97. The van der Waals surface area contributed by atoms with Crippen LogP contribution in [0.3, 0.4) is 0 Å². The highest BCUT2D eigenvalue weighted by Gasteiger charge is 2.30. The second kappa shape index (κ2) is 6.68. The number of anilines is 1. The summed E-state index contributed by atoms with van der Waals surface area (Å²) in [6.07, 6.45) is -0.960. The van der Waals surface area contributed by atoms with Crippen molar-refractivity contribution < 1.29 is 13.2 Å². The summed E-state index contributed by atoms with van der Waals surface area (Å²) in [6.45, 7) is 0.265. The van der Waals surface area contributed by atoms with Gasteiger partial charge in [-0.15, -0.1) is 0 Å². The minimum absolute atomic E-state index is 0.135. The van der Waals surface area contributed by atoms with E-state index in [-0.39, 0.29) is 11.7 Å². The average molecular weight is 361 g/mol. The Bertz CT molecular complexity index is 902. The molecule has 0 aliphatic carbocycles. The number of nitrogens with zero attached hydrogens (tertiary/aromatic N) is 2. The predicted molar refractivity (Wildman–Crippen MR) is 96.2 cm³/mol. The summed E-state index contributed by atoms with van der Waals surface area (Å²) < 4.78 is 38.1. The molecule has 25 heavy (non-hydrogen) atoms. The summed E-state index contributed by atoms with van der Waals surface area (Å²) in [7, 11) is 0. The van der Waals surface area contributed by atoms with Gasteiger partial charge >= 0.3 is 6.18 Å². The third-order valence-corrected chi connectivity index (χ3v) is 4.06. The molecule has 0 atom stereocenters. The van der Waals surface area contributed by atoms with Gasteiger partial charge in [0, 0.05) is 17.8 Å². The second-order valence-electron chi connectivity index (χ2n) is 5.49. The number of alkyl halides is 3. The number of aromatic nitrogens is 1. The highest BCUT2D eigenvalue weighted by Crippen LogP contribution is 2.30. The smallest absolute Gasteiger partial charge is 0.376 e. The van der Waals surface area contributed by atoms with Crippen LogP contribution in [0.2, 0.25) is 0 Å². The largest absolute Gasteiger partial charge is 0.416 e. The SMILES string of the molecule is NC(=S)N(Cc1ccc(C(F)(F)F)cc1)c1cccc2ccncc12. The average Bonchev–Trinajstić information content (AvgIpc) is 2.59. The van der Waals surface area contributed by atoms with E-state index in [1.165, 1.54) is 12.1 Å². The molecule has 0 unspecified atom stereocenters. The maximum absolute atomic E-state index is 12.7. The van der Waals surface area contributed by atoms with Crippen molar-refractivity contribution in [1.29, 1.82) is 0 Å². The van der Waals surface area contributed by atoms with Crippen LogP contribution < -0.4 is 10.6 Å². The monoisotopic (exact) mass is 361 g/mol. The van der Waals surface area contributed by atoms with Crippen molar-refractivity contribution in [3.05, 3.63) is 72.1 Å². The van der Waals surface area contributed by atoms with E-state index in [2.05, 4.69) is 4.98 Å². The molecule has 2 aromatic carbocycles. The molecule has 0 fully saturated rings. The van der Waals surface area contributed by atoms with Crippen LogP contribution in [-0.4, -0.2) is 10.1 Å². The van der Waals surface area contributed by atoms with Crippen molar-refractivity contribution >= 4 is 33.8 Å². The standard InChI is InChI=1S/C18H14F3N3S/c19-18(20,21)14-6-4-12(5-7-14)11-24(17(22)25)16-3-1-2-13-8-9-23-10-15(13)16/h1-10H,11H2,(H2,22,25). The molecule has 0 saturated carbocycles. The molecule has 0 aliphatic rings. The van der Waals surface area contributed by atoms with Gasteiger partial charge in [-0.1, -0.05) is 24.3 Å². The Hall–Kier alpha value is -2.67. The van der Waals surface area contributed by atoms with Crippen LogP contribution >= 0.6 is 12.2 Å². The van der Waals surface area contributed by atoms with Crippen LogP contribution in [0.4, 0.5) is 18.9 Å². The van der Waals surface area contributed by atoms with E-state index in [0.29, 0.717) is 5.56 Å². The van der Waals surface area contributed by atoms with E-state index in [1.807, 2.05) is 24.3 Å². The summed E-state index contributed by atoms with van der Waals surface area (Å²) in [6, 6.07) is 12.5. The Balaban J connectivity index is 1.96. The molecule has 3 nitrogen and oxygen atoms in total. The molecule has 7 heteroatoms. The fourth-order valence-electron chi connectivity index (χ4n) is 2.60. The van der Waals surface area contributed by atoms with Gasteiger partial charge in [0.05, 0.1) is 17.8 Å². The quantitative estimate of drug-likeness (QED) is 0.698. The van der Waals surface area contributed by atoms with Crippen molar-refractivity contribution in [2.75, 3.05) is 4.90 Å². The molecule has 1 aromatic heterocycles. The van der Waals surface area contributed by atoms with E-state index < -0.39 is 11.7 Å². The molecule has 3 aromatic rings. The number of hydrogen-bond acceptors (Lipinski definition) is 2. The first-order valence-corrected chi connectivity index (χ1v) is 7.83. The molecule has 0 spiro atoms. The van der Waals surface area contributed by atoms with Gasteiger partial charge in [0.25, 0.3) is 0 Å². The van der Waals surface area contributed by atoms with E-state index >= 15 is 0 Å². The molecule has 3 rings (SSSR count). The fourth-order valence-corrected chi connectivity index (χ4v) is 2.76. The number of fused-ring (bicyclic) bond motifs is 1. The molecule has 0 bridgehead atoms. The molecular weight excluding hydrogens is 347 g/mol. The summed E-state index contributed by atoms with van der Waals surface area (Å²) in [5.74, 6) is 0. The Morgan fingerprint density at radius 1 is 1.08 bits per heavy atom. The van der Waals surface area contributed by atoms with Crippen LogP contribution in [0.5, 0.6) is 0 Å². The van der Waals surface area contributed by atoms with E-state index in [4.69, 9.17) is 18.0 Å². The lowest BCUT2D eigenvalue weighted by atomic mass is 10.1. The predicted octanol–water partition coefficient (Wildman–Crippen LogP) is 4.50. The zero-order valence-corrected chi connectivity index (χ0v) is 13.8. The Labute approximate surface area is 147 Å². The minimum atomic E-state index is -4.36. The Morgan fingerprint density at radius 2 is 1.80 bits per heavy atom. The van der Waals surface area contributed by atoms with Crippen LogP contribution in [0, 0.1) is 0 Å². The summed E-state index contributed by atoms with van der Waals surface area (Å²) in [4.78, 5) is 5.81. The lowest BCUT2D eigenvalue weighted by molar-refractivity contribution is -0.137. The molecule has 0 aliphatic heterocycles. The van der Waals surface area contributed by atoms with E-state index in [1.54, 1.807) is 17.3 Å². The van der Waals surface area contributed by atoms with Crippen LogP contribution in [0.15, 0.2) is 60.9 Å². The van der Waals surface area contributed by atoms with Crippen molar-refractivity contribution in [3.63, 3.8) is 0 Å². The molecule has 128 valence electrons. The topological polar surface area (TPSA) is 42.1 Å². The number of rotatable bonds is 3. The summed E-state index contributed by atoms with van der Waals surface area (Å²) in [5.41, 5.74) is 6.61. The number of thiocarbonyl (C=S) groups is 1. The number of hydrogen-bond donors (Lipinski definition) is 1. The van der Waals surface area contributed by atoms with E-state index in [0.717, 1.165) is 28.6 Å². The second-order valence-corrected chi connectivity index (χ2v) is 5.91. The first-order valence-electron chi connectivity index (χ1n) is 7.42. The number of halogens is 3. The lowest BCUT2D eigenvalue weighted by Gasteiger charge is -2.24. The van der Waals surface area contributed by atoms with Gasteiger partial charge in [-0.2, -0.15) is 13.2 Å². The van der Waals surface area contributed by atoms with Gasteiger partial charge in [-0.3, -0.25) is 4.98 Å². The van der Waals surface area contributed by atoms with Gasteiger partial charge in [0.1, 0.15) is 0 Å². The van der Waals surface area contributed by atoms with Gasteiger partial charge in [0.15, 0.2) is 5.11 Å². The molecule has 0 amide bonds. The highest BCUT2D eigenvalue weighted by molar-refractivity contribution is 7.80. The molecular formula is C18H14F3N3S. The van der Waals surface area contributed by atoms with Gasteiger partial charge < -0.3 is 10.6 Å². The van der Waals surface area contributed by atoms with Gasteiger partial charge in [0.2, 0.25) is 0 Å². The minimum Gasteiger partial charge on any atom is -0.376 e. The van der Waals surface area contributed by atoms with Crippen molar-refractivity contribution in [2.45, 2.75) is 12.7 Å². The first kappa shape index (κ1) is 17.2. The Morgan fingerprint density at radius 3 is 2.44 bits per heavy atom. The Kier molecular flexibility index (Phi) is 4.59. The van der Waals surface area contributed by atoms with E-state index in [9.17, 15) is 13.2 Å². The van der Waals surface area contributed by atoms with Crippen LogP contribution in [-0.2, 0) is 12.7 Å². The lowest BCUT2D eigenvalue weighted by Crippen LogP contribution is -2.35. The maximum Gasteiger partial charge on any atom is 0.416 e. The zero-order valence-electron chi connectivity index (χ0n) is 13.0. The fraction of sp³-hybridized carbons (Fsp3) is 0.111. The highest BCUT2D eigenvalue weighted by atomic mass is 32.1. The molecule has 1 heterocycles. The van der Waals surface area contributed by atoms with Crippen molar-refractivity contribution in [3.8, 4) is 0 Å². The van der Waals surface area contributed by atoms with Crippen LogP contribution in [0.1, 0.15) is 11.1 Å². The number of benzene rings is 2. The maximum atomic E-state index is 12.7. The third-order valence-electron chi connectivity index (χ3n) is 3.84. The molecule has 0 radical (unpaired) electrons. The van der Waals surface area contributed by atoms with Crippen molar-refractivity contribution in [2.24, 2.45) is 5.73 Å². The normalized spacial score (nSPS) is 11.5. The van der Waals surface area contributed by atoms with Crippen LogP contribution in [0.25, 0.3) is 10.8 Å². The van der Waals surface area contributed by atoms with Gasteiger partial charge in [-0.25, -0.2) is 0 Å². The number of pyridine rings is 1. The third kappa shape index (κ3) is 3.71. The first-order chi connectivity index (χ1) is 11.9. The summed E-state index contributed by atoms with van der Waals surface area (Å²) >= 11 is 5.15. The zero-order chi connectivity index (χ0) is 18.0. The van der Waals surface area contributed by atoms with Gasteiger partial charge in [-0.05, 0) is 47.4 Å². The molecule has 0 saturated heterocycles.